The third-order valence-corrected chi connectivity index (χ3v) is 4.14. The number of ether oxygens (including phenoxy) is 2. The van der Waals surface area contributed by atoms with Gasteiger partial charge >= 0.3 is 0 Å². The van der Waals surface area contributed by atoms with Crippen LogP contribution in [0.5, 0.6) is 5.75 Å². The Bertz CT molecular complexity index is 791. The standard InChI is InChI=1S/C19H21BrN2O3S/c1-12-8-13(2)10-15(9-12)21-19(26)22-18(23)16-11-14(20)4-5-17(16)25-7-6-24-3/h4-5,8-11H,6-7H2,1-3H3,(H2,21,22,23,26). The van der Waals surface area contributed by atoms with E-state index in [9.17, 15) is 4.79 Å². The van der Waals surface area contributed by atoms with Gasteiger partial charge in [0.15, 0.2) is 5.11 Å². The van der Waals surface area contributed by atoms with Crippen molar-refractivity contribution in [3.8, 4) is 5.75 Å². The molecular weight excluding hydrogens is 416 g/mol. The molecule has 0 spiro atoms. The first-order valence-corrected chi connectivity index (χ1v) is 9.21. The van der Waals surface area contributed by atoms with Gasteiger partial charge in [-0.05, 0) is 67.5 Å². The molecule has 0 unspecified atom stereocenters. The Morgan fingerprint density at radius 1 is 1.12 bits per heavy atom. The minimum Gasteiger partial charge on any atom is -0.490 e. The molecule has 0 radical (unpaired) electrons. The molecule has 5 nitrogen and oxygen atoms in total. The highest BCUT2D eigenvalue weighted by molar-refractivity contribution is 9.10. The fourth-order valence-electron chi connectivity index (χ4n) is 2.42. The monoisotopic (exact) mass is 436 g/mol. The van der Waals surface area contributed by atoms with Crippen molar-refractivity contribution in [3.05, 3.63) is 57.6 Å². The highest BCUT2D eigenvalue weighted by Gasteiger charge is 2.15. The molecule has 0 heterocycles. The third kappa shape index (κ3) is 6.09. The molecule has 2 rings (SSSR count). The van der Waals surface area contributed by atoms with Crippen molar-refractivity contribution in [1.82, 2.24) is 5.32 Å². The summed E-state index contributed by atoms with van der Waals surface area (Å²) in [4.78, 5) is 12.6. The lowest BCUT2D eigenvalue weighted by atomic mass is 10.1. The van der Waals surface area contributed by atoms with Gasteiger partial charge in [-0.15, -0.1) is 0 Å². The zero-order valence-electron chi connectivity index (χ0n) is 14.9. The van der Waals surface area contributed by atoms with Gasteiger partial charge in [0.05, 0.1) is 12.2 Å². The van der Waals surface area contributed by atoms with Gasteiger partial charge in [-0.2, -0.15) is 0 Å². The second kappa shape index (κ2) is 9.66. The molecule has 0 bridgehead atoms. The molecule has 0 aromatic heterocycles. The molecule has 0 atom stereocenters. The number of hydrogen-bond donors (Lipinski definition) is 2. The largest absolute Gasteiger partial charge is 0.490 e. The Balaban J connectivity index is 2.08. The van der Waals surface area contributed by atoms with E-state index in [-0.39, 0.29) is 11.0 Å². The molecule has 26 heavy (non-hydrogen) atoms. The number of hydrogen-bond acceptors (Lipinski definition) is 4. The van der Waals surface area contributed by atoms with Crippen LogP contribution < -0.4 is 15.4 Å². The van der Waals surface area contributed by atoms with Crippen LogP contribution >= 0.6 is 28.1 Å². The first kappa shape index (κ1) is 20.4. The highest BCUT2D eigenvalue weighted by Crippen LogP contribution is 2.23. The van der Waals surface area contributed by atoms with E-state index in [1.165, 1.54) is 0 Å². The molecule has 2 aromatic rings. The molecule has 7 heteroatoms. The highest BCUT2D eigenvalue weighted by atomic mass is 79.9. The van der Waals surface area contributed by atoms with Gasteiger partial charge in [-0.3, -0.25) is 10.1 Å². The second-order valence-corrected chi connectivity index (χ2v) is 7.09. The van der Waals surface area contributed by atoms with Gasteiger partial charge in [-0.25, -0.2) is 0 Å². The summed E-state index contributed by atoms with van der Waals surface area (Å²) < 4.78 is 11.4. The normalized spacial score (nSPS) is 10.3. The minimum atomic E-state index is -0.347. The molecule has 0 saturated carbocycles. The summed E-state index contributed by atoms with van der Waals surface area (Å²) in [7, 11) is 1.59. The van der Waals surface area contributed by atoms with E-state index >= 15 is 0 Å². The summed E-state index contributed by atoms with van der Waals surface area (Å²) in [6.07, 6.45) is 0. The van der Waals surface area contributed by atoms with E-state index in [0.29, 0.717) is 24.5 Å². The zero-order chi connectivity index (χ0) is 19.1. The van der Waals surface area contributed by atoms with Crippen LogP contribution in [0.3, 0.4) is 0 Å². The second-order valence-electron chi connectivity index (χ2n) is 5.77. The van der Waals surface area contributed by atoms with E-state index in [2.05, 4.69) is 32.6 Å². The van der Waals surface area contributed by atoms with Crippen LogP contribution in [-0.4, -0.2) is 31.3 Å². The number of carbonyl (C=O) groups excluding carboxylic acids is 1. The summed E-state index contributed by atoms with van der Waals surface area (Å²) in [5.74, 6) is 0.123. The van der Waals surface area contributed by atoms with Crippen molar-refractivity contribution >= 4 is 44.9 Å². The molecule has 1 amide bonds. The summed E-state index contributed by atoms with van der Waals surface area (Å²) in [5, 5.41) is 5.95. The summed E-state index contributed by atoms with van der Waals surface area (Å²) >= 11 is 8.64. The van der Waals surface area contributed by atoms with Gasteiger partial charge in [-0.1, -0.05) is 22.0 Å². The topological polar surface area (TPSA) is 59.6 Å². The number of carbonyl (C=O) groups is 1. The first-order chi connectivity index (χ1) is 12.4. The molecule has 0 aliphatic rings. The van der Waals surface area contributed by atoms with Crippen molar-refractivity contribution in [3.63, 3.8) is 0 Å². The Morgan fingerprint density at radius 2 is 1.81 bits per heavy atom. The lowest BCUT2D eigenvalue weighted by Gasteiger charge is -2.14. The van der Waals surface area contributed by atoms with E-state index in [4.69, 9.17) is 21.7 Å². The summed E-state index contributed by atoms with van der Waals surface area (Å²) in [6, 6.07) is 11.2. The van der Waals surface area contributed by atoms with Gasteiger partial charge < -0.3 is 14.8 Å². The molecule has 0 fully saturated rings. The van der Waals surface area contributed by atoms with Crippen LogP contribution in [0.4, 0.5) is 5.69 Å². The number of benzene rings is 2. The Labute approximate surface area is 167 Å². The van der Waals surface area contributed by atoms with E-state index in [1.807, 2.05) is 32.0 Å². The lowest BCUT2D eigenvalue weighted by Crippen LogP contribution is -2.34. The Morgan fingerprint density at radius 3 is 2.46 bits per heavy atom. The maximum absolute atomic E-state index is 12.6. The average Bonchev–Trinajstić information content (AvgIpc) is 2.55. The van der Waals surface area contributed by atoms with E-state index in [0.717, 1.165) is 21.3 Å². The zero-order valence-corrected chi connectivity index (χ0v) is 17.3. The van der Waals surface area contributed by atoms with Gasteiger partial charge in [0.2, 0.25) is 0 Å². The number of rotatable bonds is 6. The smallest absolute Gasteiger partial charge is 0.261 e. The number of halogens is 1. The molecule has 0 saturated heterocycles. The van der Waals surface area contributed by atoms with Crippen LogP contribution in [0.25, 0.3) is 0 Å². The Kier molecular flexibility index (Phi) is 7.56. The van der Waals surface area contributed by atoms with Crippen LogP contribution in [-0.2, 0) is 4.74 Å². The SMILES string of the molecule is COCCOc1ccc(Br)cc1C(=O)NC(=S)Nc1cc(C)cc(C)c1. The van der Waals surface area contributed by atoms with Crippen LogP contribution in [0.15, 0.2) is 40.9 Å². The molecular formula is C19H21BrN2O3S. The molecule has 138 valence electrons. The van der Waals surface area contributed by atoms with Crippen molar-refractivity contribution in [2.24, 2.45) is 0 Å². The predicted molar refractivity (Wildman–Crippen MR) is 111 cm³/mol. The van der Waals surface area contributed by atoms with E-state index < -0.39 is 0 Å². The number of thiocarbonyl (C=S) groups is 1. The maximum atomic E-state index is 12.6. The molecule has 0 aliphatic carbocycles. The summed E-state index contributed by atoms with van der Waals surface area (Å²) in [5.41, 5.74) is 3.45. The Hall–Kier alpha value is -1.96. The average molecular weight is 437 g/mol. The molecule has 2 N–H and O–H groups in total. The molecule has 0 aliphatic heterocycles. The van der Waals surface area contributed by atoms with Gasteiger partial charge in [0.1, 0.15) is 12.4 Å². The number of amides is 1. The fraction of sp³-hybridized carbons (Fsp3) is 0.263. The summed E-state index contributed by atoms with van der Waals surface area (Å²) in [6.45, 7) is 4.79. The maximum Gasteiger partial charge on any atom is 0.261 e. The quantitative estimate of drug-likeness (QED) is 0.524. The fourth-order valence-corrected chi connectivity index (χ4v) is 2.99. The van der Waals surface area contributed by atoms with Crippen LogP contribution in [0.2, 0.25) is 0 Å². The number of aryl methyl sites for hydroxylation is 2. The number of methoxy groups -OCH3 is 1. The number of anilines is 1. The first-order valence-electron chi connectivity index (χ1n) is 8.01. The predicted octanol–water partition coefficient (Wildman–Crippen LogP) is 4.22. The van der Waals surface area contributed by atoms with Crippen molar-refractivity contribution in [2.45, 2.75) is 13.8 Å². The third-order valence-electron chi connectivity index (χ3n) is 3.44. The van der Waals surface area contributed by atoms with Crippen molar-refractivity contribution in [2.75, 3.05) is 25.6 Å². The molecule has 2 aromatic carbocycles. The van der Waals surface area contributed by atoms with Crippen LogP contribution in [0.1, 0.15) is 21.5 Å². The van der Waals surface area contributed by atoms with Gasteiger partial charge in [0.25, 0.3) is 5.91 Å². The van der Waals surface area contributed by atoms with Crippen molar-refractivity contribution < 1.29 is 14.3 Å². The van der Waals surface area contributed by atoms with Crippen molar-refractivity contribution in [1.29, 1.82) is 0 Å². The minimum absolute atomic E-state index is 0.225. The van der Waals surface area contributed by atoms with Gasteiger partial charge in [0, 0.05) is 17.3 Å². The van der Waals surface area contributed by atoms with Crippen LogP contribution in [0, 0.1) is 13.8 Å². The number of nitrogens with one attached hydrogen (secondary N) is 2. The van der Waals surface area contributed by atoms with E-state index in [1.54, 1.807) is 19.2 Å². The lowest BCUT2D eigenvalue weighted by molar-refractivity contribution is 0.0969.